The van der Waals surface area contributed by atoms with Gasteiger partial charge in [0.2, 0.25) is 5.70 Å². The molecule has 0 bridgehead atoms. The monoisotopic (exact) mass is 857 g/mol. The van der Waals surface area contributed by atoms with Crippen molar-refractivity contribution in [1.29, 1.82) is 0 Å². The molecule has 3 aliphatic carbocycles. The number of phenolic OH excluding ortho intramolecular Hbond substituents is 1. The molecule has 0 saturated heterocycles. The number of hydrogen-bond donors (Lipinski definition) is 8. The van der Waals surface area contributed by atoms with Crippen molar-refractivity contribution in [3.63, 3.8) is 0 Å². The van der Waals surface area contributed by atoms with Gasteiger partial charge in [0.15, 0.2) is 17.6 Å². The average Bonchev–Trinajstić information content (AvgIpc) is 3.99. The van der Waals surface area contributed by atoms with Crippen molar-refractivity contribution in [1.82, 2.24) is 10.3 Å². The van der Waals surface area contributed by atoms with Crippen LogP contribution in [0.25, 0.3) is 0 Å². The number of benzene rings is 1. The Balaban J connectivity index is 0.813. The van der Waals surface area contributed by atoms with Gasteiger partial charge in [0, 0.05) is 44.8 Å². The minimum Gasteiger partial charge on any atom is -0.504 e. The zero-order valence-corrected chi connectivity index (χ0v) is 36.9. The Morgan fingerprint density at radius 2 is 1.87 bits per heavy atom. The molecule has 2 aromatic rings. The number of pyridine rings is 1. The smallest absolute Gasteiger partial charge is 0.208 e. The van der Waals surface area contributed by atoms with Crippen molar-refractivity contribution in [2.75, 3.05) is 32.0 Å². The highest BCUT2D eigenvalue weighted by Crippen LogP contribution is 2.48. The van der Waals surface area contributed by atoms with E-state index in [-0.39, 0.29) is 37.2 Å². The second kappa shape index (κ2) is 22.3. The number of nitrogen functional groups attached to an aromatic ring is 1. The summed E-state index contributed by atoms with van der Waals surface area (Å²) in [6.45, 7) is 3.12. The number of nitrogens with zero attached hydrogens (tertiary/aromatic N) is 2. The number of hydrogen-bond acceptors (Lipinski definition) is 11. The zero-order chi connectivity index (χ0) is 43.6. The lowest BCUT2D eigenvalue weighted by atomic mass is 9.74. The van der Waals surface area contributed by atoms with Gasteiger partial charge in [0.05, 0.1) is 24.2 Å². The molecule has 12 nitrogen and oxygen atoms in total. The minimum absolute atomic E-state index is 0.00137. The number of nitrogens with two attached hydrogens (primary N) is 2. The number of rotatable bonds is 22. The van der Waals surface area contributed by atoms with E-state index in [0.717, 1.165) is 106 Å². The number of fused-ring (bicyclic) bond motifs is 2. The first-order valence-corrected chi connectivity index (χ1v) is 23.7. The van der Waals surface area contributed by atoms with Gasteiger partial charge in [-0.05, 0) is 130 Å². The molecule has 7 rings (SSSR count). The normalized spacial score (nSPS) is 27.5. The maximum Gasteiger partial charge on any atom is 0.208 e. The van der Waals surface area contributed by atoms with Gasteiger partial charge in [-0.3, -0.25) is 0 Å². The second-order valence-corrected chi connectivity index (χ2v) is 19.1. The van der Waals surface area contributed by atoms with E-state index in [1.54, 1.807) is 19.2 Å². The molecule has 340 valence electrons. The van der Waals surface area contributed by atoms with Gasteiger partial charge in [-0.15, -0.1) is 16.6 Å². The molecule has 1 aromatic carbocycles. The lowest BCUT2D eigenvalue weighted by molar-refractivity contribution is -0.0553. The van der Waals surface area contributed by atoms with Gasteiger partial charge >= 0.3 is 0 Å². The molecular weight excluding hydrogens is 783 g/mol. The summed E-state index contributed by atoms with van der Waals surface area (Å²) < 4.78 is 11.1. The van der Waals surface area contributed by atoms with Crippen molar-refractivity contribution in [2.45, 2.75) is 147 Å². The van der Waals surface area contributed by atoms with Crippen molar-refractivity contribution in [2.24, 2.45) is 40.3 Å². The summed E-state index contributed by atoms with van der Waals surface area (Å²) in [5.41, 5.74) is 17.2. The Morgan fingerprint density at radius 1 is 1.03 bits per heavy atom. The number of aromatic nitrogens is 1. The van der Waals surface area contributed by atoms with Crippen LogP contribution in [0.1, 0.15) is 114 Å². The predicted molar refractivity (Wildman–Crippen MR) is 244 cm³/mol. The van der Waals surface area contributed by atoms with E-state index in [9.17, 15) is 25.5 Å². The van der Waals surface area contributed by atoms with E-state index in [4.69, 9.17) is 25.9 Å². The van der Waals surface area contributed by atoms with E-state index >= 15 is 0 Å². The van der Waals surface area contributed by atoms with Crippen LogP contribution in [0.3, 0.4) is 0 Å². The first kappa shape index (κ1) is 46.4. The molecule has 3 fully saturated rings. The third-order valence-corrected chi connectivity index (χ3v) is 14.5. The highest BCUT2D eigenvalue weighted by Gasteiger charge is 2.49. The lowest BCUT2D eigenvalue weighted by Gasteiger charge is -2.35. The second-order valence-electron chi connectivity index (χ2n) is 19.1. The van der Waals surface area contributed by atoms with Crippen LogP contribution < -0.4 is 21.5 Å². The maximum atomic E-state index is 11.3. The SMILES string of the molecule is C[C@H](O)CNC[C@@H]1[C+]2C=C([C@@H](O)COc3cc(CC[C-]4C=C(CO)C(CCCC[C@@H]5CC[C@@H](C[C@H](O)CCc6ccnc(N)c6)[C@H](N)C5)[OH+]4)ccc3O)N=C2CC[C@H]2CCC[C@@H]21. The predicted octanol–water partition coefficient (Wildman–Crippen LogP) is 5.80. The first-order valence-electron chi connectivity index (χ1n) is 23.7. The third-order valence-electron chi connectivity index (χ3n) is 14.5. The van der Waals surface area contributed by atoms with E-state index in [1.807, 2.05) is 24.3 Å². The molecule has 62 heavy (non-hydrogen) atoms. The van der Waals surface area contributed by atoms with E-state index in [0.29, 0.717) is 72.7 Å². The molecule has 12 heteroatoms. The van der Waals surface area contributed by atoms with E-state index < -0.39 is 12.2 Å². The zero-order valence-electron chi connectivity index (χ0n) is 36.9. The van der Waals surface area contributed by atoms with Crippen LogP contribution in [-0.4, -0.2) is 97.7 Å². The molecule has 10 atom stereocenters. The number of allylic oxidation sites excluding steroid dienone is 1. The number of unbranched alkanes of at least 4 members (excludes halogenated alkanes) is 1. The largest absolute Gasteiger partial charge is 0.504 e. The molecule has 3 saturated carbocycles. The molecule has 0 amide bonds. The summed E-state index contributed by atoms with van der Waals surface area (Å²) in [6.07, 6.45) is 22.0. The summed E-state index contributed by atoms with van der Waals surface area (Å²) in [5, 5.41) is 56.2. The molecule has 1 unspecified atom stereocenters. The Kier molecular flexibility index (Phi) is 16.7. The number of nitrogens with one attached hydrogen (secondary N) is 1. The summed E-state index contributed by atoms with van der Waals surface area (Å²) in [6, 6.07) is 9.32. The third kappa shape index (κ3) is 12.5. The van der Waals surface area contributed by atoms with Crippen LogP contribution in [0.4, 0.5) is 5.82 Å². The first-order chi connectivity index (χ1) is 30.0. The number of aliphatic imine (C=N–C) groups is 1. The molecule has 3 heterocycles. The topological polar surface area (TPSA) is 212 Å². The Bertz CT molecular complexity index is 1840. The minimum atomic E-state index is -0.935. The number of aliphatic hydroxyl groups is 6. The van der Waals surface area contributed by atoms with Crippen molar-refractivity contribution < 1.29 is 35.0 Å². The molecule has 2 aliphatic heterocycles. The van der Waals surface area contributed by atoms with Gasteiger partial charge in [-0.1, -0.05) is 38.2 Å². The number of phenols is 1. The maximum absolute atomic E-state index is 11.3. The van der Waals surface area contributed by atoms with Crippen LogP contribution >= 0.6 is 0 Å². The van der Waals surface area contributed by atoms with Crippen LogP contribution in [0, 0.1) is 41.6 Å². The van der Waals surface area contributed by atoms with Crippen LogP contribution in [-0.2, 0) is 12.8 Å². The lowest BCUT2D eigenvalue weighted by Crippen LogP contribution is -2.38. The molecule has 0 radical (unpaired) electrons. The van der Waals surface area contributed by atoms with Crippen LogP contribution in [0.5, 0.6) is 11.5 Å². The fraction of sp³-hybridized carbons (Fsp3) is 0.640. The Hall–Kier alpha value is -3.62. The summed E-state index contributed by atoms with van der Waals surface area (Å²) in [4.78, 5) is 8.97. The number of aryl methyl sites for hydroxylation is 2. The van der Waals surface area contributed by atoms with Crippen LogP contribution in [0.2, 0.25) is 0 Å². The summed E-state index contributed by atoms with van der Waals surface area (Å²) in [7, 11) is 0. The van der Waals surface area contributed by atoms with Gasteiger partial charge in [0.1, 0.15) is 36.2 Å². The van der Waals surface area contributed by atoms with Gasteiger partial charge in [-0.25, -0.2) is 4.98 Å². The van der Waals surface area contributed by atoms with E-state index in [2.05, 4.69) is 22.5 Å². The quantitative estimate of drug-likeness (QED) is 0.0405. The molecule has 1 aromatic heterocycles. The highest BCUT2D eigenvalue weighted by molar-refractivity contribution is 6.03. The van der Waals surface area contributed by atoms with Crippen molar-refractivity contribution >= 4 is 11.5 Å². The summed E-state index contributed by atoms with van der Waals surface area (Å²) >= 11 is 0. The fourth-order valence-electron chi connectivity index (χ4n) is 11.1. The van der Waals surface area contributed by atoms with Gasteiger partial charge in [0.25, 0.3) is 0 Å². The number of ether oxygens (including phenoxy) is 2. The van der Waals surface area contributed by atoms with Crippen LogP contribution in [0.15, 0.2) is 64.9 Å². The Morgan fingerprint density at radius 3 is 2.68 bits per heavy atom. The fourth-order valence-corrected chi connectivity index (χ4v) is 11.1. The number of anilines is 1. The molecule has 5 aliphatic rings. The molecule has 0 spiro atoms. The molecule has 11 N–H and O–H groups in total. The van der Waals surface area contributed by atoms with Crippen molar-refractivity contribution in [3.05, 3.63) is 83.1 Å². The number of aliphatic hydroxyl groups excluding tert-OH is 4. The van der Waals surface area contributed by atoms with E-state index in [1.165, 1.54) is 25.2 Å². The standard InChI is InChI=1S/C50H73N5O7/c1-31(57)27-53-28-42-40-7-4-6-35(40)14-17-44-41(42)26-45(55-44)47(60)30-61-49-22-33(12-18-46(49)59)11-16-39-25-37(29-56)48(62-39)8-3-2-5-32-9-13-36(43(51)21-32)24-38(58)15-10-34-19-20-54-50(52)23-34/h12,18-20,22-23,25-26,31-32,35-36,38,40,42-43,47-48,53,56-58,60,62H,2-11,13-17,21,24,27-30,51H2,1H3,(H2-,52,54,59)/p+1/t31-,32+,35+,36-,38+,40-,42-,43+,47-,48?/m0/s1. The van der Waals surface area contributed by atoms with Gasteiger partial charge < -0.3 is 51.8 Å². The molecular formula is C50H74N5O7+. The Labute approximate surface area is 369 Å². The van der Waals surface area contributed by atoms with Crippen molar-refractivity contribution in [3.8, 4) is 11.5 Å². The number of aromatic hydroxyl groups is 1. The van der Waals surface area contributed by atoms with Gasteiger partial charge in [-0.2, -0.15) is 0 Å². The highest BCUT2D eigenvalue weighted by atomic mass is 16.5. The summed E-state index contributed by atoms with van der Waals surface area (Å²) in [5.74, 6) is 4.65. The average molecular weight is 857 g/mol.